The number of ether oxygens (including phenoxy) is 1. The highest BCUT2D eigenvalue weighted by Crippen LogP contribution is 2.25. The first kappa shape index (κ1) is 14.8. The largest absolute Gasteiger partial charge is 0.380 e. The summed E-state index contributed by atoms with van der Waals surface area (Å²) in [6, 6.07) is 7.84. The predicted octanol–water partition coefficient (Wildman–Crippen LogP) is 2.40. The average molecular weight is 277 g/mol. The number of rotatable bonds is 5. The van der Waals surface area contributed by atoms with Crippen molar-refractivity contribution in [2.45, 2.75) is 44.4 Å². The second-order valence-corrected chi connectivity index (χ2v) is 5.31. The molecule has 2 rings (SSSR count). The maximum absolute atomic E-state index is 10.8. The van der Waals surface area contributed by atoms with Gasteiger partial charge in [-0.15, -0.1) is 0 Å². The lowest BCUT2D eigenvalue weighted by Gasteiger charge is -2.24. The third-order valence-electron chi connectivity index (χ3n) is 3.90. The minimum Gasteiger partial charge on any atom is -0.380 e. The van der Waals surface area contributed by atoms with Crippen molar-refractivity contribution in [1.29, 1.82) is 0 Å². The molecule has 0 radical (unpaired) electrons. The summed E-state index contributed by atoms with van der Waals surface area (Å²) in [5, 5.41) is 6.18. The molecule has 1 fully saturated rings. The zero-order valence-corrected chi connectivity index (χ0v) is 12.1. The number of nitrogens with two attached hydrogens (primary N) is 1. The van der Waals surface area contributed by atoms with Gasteiger partial charge >= 0.3 is 6.03 Å². The number of hydrogen-bond donors (Lipinski definition) is 3. The van der Waals surface area contributed by atoms with Crippen molar-refractivity contribution >= 4 is 11.7 Å². The highest BCUT2D eigenvalue weighted by Gasteiger charge is 2.28. The molecule has 3 unspecified atom stereocenters. The Kier molecular flexibility index (Phi) is 4.98. The summed E-state index contributed by atoms with van der Waals surface area (Å²) >= 11 is 0. The van der Waals surface area contributed by atoms with Gasteiger partial charge in [0.25, 0.3) is 0 Å². The SMILES string of the molecule is COC1CCCC1NC(C)c1ccc(NC(N)=O)cc1. The molecule has 0 aliphatic heterocycles. The number of carbonyl (C=O) groups is 1. The Morgan fingerprint density at radius 1 is 1.35 bits per heavy atom. The second-order valence-electron chi connectivity index (χ2n) is 5.31. The molecule has 1 aliphatic carbocycles. The van der Waals surface area contributed by atoms with Crippen LogP contribution < -0.4 is 16.4 Å². The van der Waals surface area contributed by atoms with Gasteiger partial charge in [-0.2, -0.15) is 0 Å². The van der Waals surface area contributed by atoms with Crippen molar-refractivity contribution in [1.82, 2.24) is 5.32 Å². The topological polar surface area (TPSA) is 76.4 Å². The summed E-state index contributed by atoms with van der Waals surface area (Å²) in [5.74, 6) is 0. The Bertz CT molecular complexity index is 447. The Labute approximate surface area is 119 Å². The molecule has 0 saturated heterocycles. The lowest BCUT2D eigenvalue weighted by molar-refractivity contribution is 0.0820. The number of urea groups is 1. The number of primary amides is 1. The molecule has 3 atom stereocenters. The van der Waals surface area contributed by atoms with Crippen LogP contribution in [0, 0.1) is 0 Å². The number of hydrogen-bond acceptors (Lipinski definition) is 3. The van der Waals surface area contributed by atoms with E-state index in [0.717, 1.165) is 12.8 Å². The standard InChI is InChI=1S/C15H23N3O2/c1-10(17-13-4-3-5-14(13)20-2)11-6-8-12(9-7-11)18-15(16)19/h6-10,13-14,17H,3-5H2,1-2H3,(H3,16,18,19). The van der Waals surface area contributed by atoms with Crippen molar-refractivity contribution in [2.24, 2.45) is 5.73 Å². The van der Waals surface area contributed by atoms with Crippen LogP contribution in [-0.2, 0) is 4.74 Å². The number of carbonyl (C=O) groups excluding carboxylic acids is 1. The van der Waals surface area contributed by atoms with E-state index in [1.165, 1.54) is 12.0 Å². The molecule has 1 aromatic rings. The van der Waals surface area contributed by atoms with E-state index in [-0.39, 0.29) is 6.04 Å². The van der Waals surface area contributed by atoms with Gasteiger partial charge in [0.15, 0.2) is 0 Å². The van der Waals surface area contributed by atoms with Gasteiger partial charge in [0.05, 0.1) is 6.10 Å². The predicted molar refractivity (Wildman–Crippen MR) is 79.6 cm³/mol. The Balaban J connectivity index is 1.95. The minimum absolute atomic E-state index is 0.248. The molecular formula is C15H23N3O2. The summed E-state index contributed by atoms with van der Waals surface area (Å²) in [4.78, 5) is 10.8. The van der Waals surface area contributed by atoms with Crippen molar-refractivity contribution in [3.05, 3.63) is 29.8 Å². The summed E-state index contributed by atoms with van der Waals surface area (Å²) in [6.45, 7) is 2.14. The number of benzene rings is 1. The van der Waals surface area contributed by atoms with Crippen LogP contribution in [0.2, 0.25) is 0 Å². The summed E-state index contributed by atoms with van der Waals surface area (Å²) in [6.07, 6.45) is 3.81. The molecule has 0 spiro atoms. The molecule has 1 aliphatic rings. The van der Waals surface area contributed by atoms with Crippen LogP contribution in [0.3, 0.4) is 0 Å². The fourth-order valence-electron chi connectivity index (χ4n) is 2.81. The molecule has 1 saturated carbocycles. The molecule has 2 amide bonds. The van der Waals surface area contributed by atoms with Crippen LogP contribution in [0.15, 0.2) is 24.3 Å². The van der Waals surface area contributed by atoms with E-state index >= 15 is 0 Å². The van der Waals surface area contributed by atoms with Crippen LogP contribution in [0.5, 0.6) is 0 Å². The van der Waals surface area contributed by atoms with Crippen LogP contribution in [0.1, 0.15) is 37.8 Å². The van der Waals surface area contributed by atoms with E-state index in [1.54, 1.807) is 7.11 Å². The summed E-state index contributed by atoms with van der Waals surface area (Å²) in [7, 11) is 1.78. The van der Waals surface area contributed by atoms with Crippen molar-refractivity contribution in [3.8, 4) is 0 Å². The molecular weight excluding hydrogens is 254 g/mol. The van der Waals surface area contributed by atoms with Crippen molar-refractivity contribution in [3.63, 3.8) is 0 Å². The average Bonchev–Trinajstić information content (AvgIpc) is 2.86. The number of amides is 2. The zero-order chi connectivity index (χ0) is 14.5. The Hall–Kier alpha value is -1.59. The van der Waals surface area contributed by atoms with Gasteiger partial charge in [-0.25, -0.2) is 4.79 Å². The fourth-order valence-corrected chi connectivity index (χ4v) is 2.81. The van der Waals surface area contributed by atoms with Gasteiger partial charge in [0, 0.05) is 24.9 Å². The van der Waals surface area contributed by atoms with Gasteiger partial charge in [-0.1, -0.05) is 12.1 Å². The Morgan fingerprint density at radius 2 is 2.05 bits per heavy atom. The second kappa shape index (κ2) is 6.72. The van der Waals surface area contributed by atoms with Gasteiger partial charge in [-0.05, 0) is 43.9 Å². The number of nitrogens with one attached hydrogen (secondary N) is 2. The van der Waals surface area contributed by atoms with E-state index in [0.29, 0.717) is 17.8 Å². The van der Waals surface area contributed by atoms with Crippen molar-refractivity contribution in [2.75, 3.05) is 12.4 Å². The third-order valence-corrected chi connectivity index (χ3v) is 3.90. The number of methoxy groups -OCH3 is 1. The molecule has 1 aromatic carbocycles. The third kappa shape index (κ3) is 3.71. The van der Waals surface area contributed by atoms with Gasteiger partial charge < -0.3 is 21.1 Å². The zero-order valence-electron chi connectivity index (χ0n) is 12.1. The smallest absolute Gasteiger partial charge is 0.316 e. The maximum Gasteiger partial charge on any atom is 0.316 e. The highest BCUT2D eigenvalue weighted by molar-refractivity contribution is 5.87. The lowest BCUT2D eigenvalue weighted by atomic mass is 10.1. The van der Waals surface area contributed by atoms with Gasteiger partial charge in [0.2, 0.25) is 0 Å². The Morgan fingerprint density at radius 3 is 2.65 bits per heavy atom. The van der Waals surface area contributed by atoms with Crippen molar-refractivity contribution < 1.29 is 9.53 Å². The van der Waals surface area contributed by atoms with E-state index in [2.05, 4.69) is 17.6 Å². The van der Waals surface area contributed by atoms with Crippen LogP contribution in [0.4, 0.5) is 10.5 Å². The lowest BCUT2D eigenvalue weighted by Crippen LogP contribution is -2.38. The molecule has 5 nitrogen and oxygen atoms in total. The van der Waals surface area contributed by atoms with Gasteiger partial charge in [-0.3, -0.25) is 0 Å². The summed E-state index contributed by atoms with van der Waals surface area (Å²) in [5.41, 5.74) is 6.98. The molecule has 110 valence electrons. The van der Waals surface area contributed by atoms with Crippen LogP contribution >= 0.6 is 0 Å². The highest BCUT2D eigenvalue weighted by atomic mass is 16.5. The van der Waals surface area contributed by atoms with Crippen LogP contribution in [0.25, 0.3) is 0 Å². The number of anilines is 1. The first-order valence-electron chi connectivity index (χ1n) is 7.05. The van der Waals surface area contributed by atoms with E-state index in [1.807, 2.05) is 24.3 Å². The normalized spacial score (nSPS) is 23.5. The maximum atomic E-state index is 10.8. The van der Waals surface area contributed by atoms with E-state index < -0.39 is 6.03 Å². The molecule has 0 heterocycles. The van der Waals surface area contributed by atoms with E-state index in [4.69, 9.17) is 10.5 Å². The van der Waals surface area contributed by atoms with Gasteiger partial charge in [0.1, 0.15) is 0 Å². The first-order valence-corrected chi connectivity index (χ1v) is 7.05. The monoisotopic (exact) mass is 277 g/mol. The molecule has 0 aromatic heterocycles. The minimum atomic E-state index is -0.544. The fraction of sp³-hybridized carbons (Fsp3) is 0.533. The first-order chi connectivity index (χ1) is 9.60. The van der Waals surface area contributed by atoms with E-state index in [9.17, 15) is 4.79 Å². The summed E-state index contributed by atoms with van der Waals surface area (Å²) < 4.78 is 5.50. The quantitative estimate of drug-likeness (QED) is 0.773. The molecule has 5 heteroatoms. The molecule has 4 N–H and O–H groups in total. The molecule has 20 heavy (non-hydrogen) atoms. The van der Waals surface area contributed by atoms with Crippen LogP contribution in [-0.4, -0.2) is 25.3 Å². The molecule has 0 bridgehead atoms.